The smallest absolute Gasteiger partial charge is 0.124 e. The molecule has 0 saturated carbocycles. The van der Waals surface area contributed by atoms with Crippen LogP contribution in [-0.4, -0.2) is 19.3 Å². The van der Waals surface area contributed by atoms with Gasteiger partial charge in [0.1, 0.15) is 11.9 Å². The molecule has 0 bridgehead atoms. The van der Waals surface area contributed by atoms with Crippen molar-refractivity contribution in [3.05, 3.63) is 29.8 Å². The molecule has 2 heteroatoms. The molecule has 1 aromatic rings. The third-order valence-corrected chi connectivity index (χ3v) is 3.68. The third-order valence-electron chi connectivity index (χ3n) is 3.68. The Labute approximate surface area is 117 Å². The Morgan fingerprint density at radius 2 is 1.89 bits per heavy atom. The van der Waals surface area contributed by atoms with Gasteiger partial charge in [-0.05, 0) is 30.5 Å². The molecule has 0 spiro atoms. The van der Waals surface area contributed by atoms with Crippen LogP contribution in [0, 0.1) is 0 Å². The van der Waals surface area contributed by atoms with Gasteiger partial charge in [-0.15, -0.1) is 0 Å². The highest BCUT2D eigenvalue weighted by molar-refractivity contribution is 5.27. The minimum Gasteiger partial charge on any atom is -0.488 e. The van der Waals surface area contributed by atoms with Crippen molar-refractivity contribution in [2.75, 3.05) is 13.2 Å². The number of rotatable bonds is 8. The number of ether oxygens (including phenoxy) is 2. The van der Waals surface area contributed by atoms with Crippen molar-refractivity contribution in [3.63, 3.8) is 0 Å². The zero-order valence-corrected chi connectivity index (χ0v) is 12.1. The fourth-order valence-electron chi connectivity index (χ4n) is 2.47. The molecule has 0 aromatic heterocycles. The molecule has 2 nitrogen and oxygen atoms in total. The van der Waals surface area contributed by atoms with E-state index in [4.69, 9.17) is 9.47 Å². The van der Waals surface area contributed by atoms with Gasteiger partial charge in [0.15, 0.2) is 0 Å². The SMILES string of the molecule is CCCCCCCc1ccc(OC2CCOC2)cc1. The summed E-state index contributed by atoms with van der Waals surface area (Å²) >= 11 is 0. The Morgan fingerprint density at radius 3 is 2.58 bits per heavy atom. The summed E-state index contributed by atoms with van der Waals surface area (Å²) in [4.78, 5) is 0. The van der Waals surface area contributed by atoms with Crippen molar-refractivity contribution in [2.45, 2.75) is 58.0 Å². The van der Waals surface area contributed by atoms with Crippen LogP contribution in [-0.2, 0) is 11.2 Å². The maximum absolute atomic E-state index is 5.86. The minimum absolute atomic E-state index is 0.250. The molecule has 1 saturated heterocycles. The molecule has 2 rings (SSSR count). The van der Waals surface area contributed by atoms with Crippen molar-refractivity contribution >= 4 is 0 Å². The first-order valence-electron chi connectivity index (χ1n) is 7.72. The summed E-state index contributed by atoms with van der Waals surface area (Å²) in [7, 11) is 0. The molecule has 0 aliphatic carbocycles. The number of hydrogen-bond donors (Lipinski definition) is 0. The molecular weight excluding hydrogens is 236 g/mol. The molecule has 0 N–H and O–H groups in total. The molecule has 1 aliphatic heterocycles. The van der Waals surface area contributed by atoms with Crippen LogP contribution in [0.1, 0.15) is 51.0 Å². The van der Waals surface area contributed by atoms with E-state index in [0.29, 0.717) is 0 Å². The van der Waals surface area contributed by atoms with Crippen LogP contribution in [0.4, 0.5) is 0 Å². The Bertz CT molecular complexity index is 339. The molecule has 0 amide bonds. The normalized spacial score (nSPS) is 18.7. The van der Waals surface area contributed by atoms with Gasteiger partial charge in [-0.1, -0.05) is 44.7 Å². The highest BCUT2D eigenvalue weighted by atomic mass is 16.5. The molecular formula is C17H26O2. The molecule has 106 valence electrons. The first kappa shape index (κ1) is 14.4. The number of unbranched alkanes of at least 4 members (excludes halogenated alkanes) is 4. The minimum atomic E-state index is 0.250. The van der Waals surface area contributed by atoms with Gasteiger partial charge in [-0.2, -0.15) is 0 Å². The lowest BCUT2D eigenvalue weighted by Gasteiger charge is -2.12. The Morgan fingerprint density at radius 1 is 1.11 bits per heavy atom. The van der Waals surface area contributed by atoms with Gasteiger partial charge in [-0.25, -0.2) is 0 Å². The van der Waals surface area contributed by atoms with Crippen LogP contribution in [0.25, 0.3) is 0 Å². The quantitative estimate of drug-likeness (QED) is 0.648. The van der Waals surface area contributed by atoms with Crippen molar-refractivity contribution in [1.29, 1.82) is 0 Å². The van der Waals surface area contributed by atoms with E-state index in [-0.39, 0.29) is 6.10 Å². The summed E-state index contributed by atoms with van der Waals surface area (Å²) in [6.45, 7) is 3.83. The van der Waals surface area contributed by atoms with Crippen LogP contribution in [0.3, 0.4) is 0 Å². The Hall–Kier alpha value is -1.02. The largest absolute Gasteiger partial charge is 0.488 e. The molecule has 1 unspecified atom stereocenters. The lowest BCUT2D eigenvalue weighted by atomic mass is 10.1. The van der Waals surface area contributed by atoms with E-state index >= 15 is 0 Å². The average molecular weight is 262 g/mol. The zero-order valence-electron chi connectivity index (χ0n) is 12.1. The number of benzene rings is 1. The summed E-state index contributed by atoms with van der Waals surface area (Å²) < 4.78 is 11.2. The molecule has 1 aromatic carbocycles. The summed E-state index contributed by atoms with van der Waals surface area (Å²) in [6, 6.07) is 8.59. The van der Waals surface area contributed by atoms with Crippen molar-refractivity contribution < 1.29 is 9.47 Å². The van der Waals surface area contributed by atoms with Gasteiger partial charge in [-0.3, -0.25) is 0 Å². The zero-order chi connectivity index (χ0) is 13.3. The maximum Gasteiger partial charge on any atom is 0.124 e. The van der Waals surface area contributed by atoms with Gasteiger partial charge in [0.05, 0.1) is 13.2 Å². The number of aryl methyl sites for hydroxylation is 1. The Kier molecular flexibility index (Phi) is 6.22. The van der Waals surface area contributed by atoms with Crippen LogP contribution >= 0.6 is 0 Å². The monoisotopic (exact) mass is 262 g/mol. The lowest BCUT2D eigenvalue weighted by Crippen LogP contribution is -2.15. The van der Waals surface area contributed by atoms with E-state index < -0.39 is 0 Å². The van der Waals surface area contributed by atoms with Crippen molar-refractivity contribution in [1.82, 2.24) is 0 Å². The fourth-order valence-corrected chi connectivity index (χ4v) is 2.47. The van der Waals surface area contributed by atoms with E-state index in [1.807, 2.05) is 0 Å². The predicted octanol–water partition coefficient (Wildman–Crippen LogP) is 4.37. The van der Waals surface area contributed by atoms with E-state index in [0.717, 1.165) is 25.4 Å². The second-order valence-electron chi connectivity index (χ2n) is 5.41. The molecule has 1 heterocycles. The molecule has 1 fully saturated rings. The van der Waals surface area contributed by atoms with Gasteiger partial charge in [0, 0.05) is 6.42 Å². The van der Waals surface area contributed by atoms with Gasteiger partial charge < -0.3 is 9.47 Å². The lowest BCUT2D eigenvalue weighted by molar-refractivity contribution is 0.141. The van der Waals surface area contributed by atoms with Crippen LogP contribution in [0.15, 0.2) is 24.3 Å². The highest BCUT2D eigenvalue weighted by Crippen LogP contribution is 2.18. The van der Waals surface area contributed by atoms with E-state index in [1.165, 1.54) is 44.1 Å². The summed E-state index contributed by atoms with van der Waals surface area (Å²) in [5.74, 6) is 0.977. The molecule has 0 radical (unpaired) electrons. The van der Waals surface area contributed by atoms with Crippen molar-refractivity contribution in [3.8, 4) is 5.75 Å². The van der Waals surface area contributed by atoms with Crippen LogP contribution in [0.5, 0.6) is 5.75 Å². The summed E-state index contributed by atoms with van der Waals surface area (Å²) in [5, 5.41) is 0. The average Bonchev–Trinajstić information content (AvgIpc) is 2.93. The van der Waals surface area contributed by atoms with Crippen molar-refractivity contribution in [2.24, 2.45) is 0 Å². The fraction of sp³-hybridized carbons (Fsp3) is 0.647. The molecule has 1 atom stereocenters. The van der Waals surface area contributed by atoms with Gasteiger partial charge in [0.2, 0.25) is 0 Å². The molecule has 1 aliphatic rings. The second kappa shape index (κ2) is 8.21. The van der Waals surface area contributed by atoms with Gasteiger partial charge in [0.25, 0.3) is 0 Å². The topological polar surface area (TPSA) is 18.5 Å². The van der Waals surface area contributed by atoms with E-state index in [9.17, 15) is 0 Å². The Balaban J connectivity index is 1.68. The first-order chi connectivity index (χ1) is 9.38. The van der Waals surface area contributed by atoms with E-state index in [2.05, 4.69) is 31.2 Å². The summed E-state index contributed by atoms with van der Waals surface area (Å²) in [5.41, 5.74) is 1.42. The molecule has 19 heavy (non-hydrogen) atoms. The first-order valence-corrected chi connectivity index (χ1v) is 7.72. The highest BCUT2D eigenvalue weighted by Gasteiger charge is 2.16. The summed E-state index contributed by atoms with van der Waals surface area (Å²) in [6.07, 6.45) is 9.17. The van der Waals surface area contributed by atoms with E-state index in [1.54, 1.807) is 0 Å². The standard InChI is InChI=1S/C17H26O2/c1-2-3-4-5-6-7-15-8-10-16(11-9-15)19-17-12-13-18-14-17/h8-11,17H,2-7,12-14H2,1H3. The predicted molar refractivity (Wildman–Crippen MR) is 78.8 cm³/mol. The maximum atomic E-state index is 5.86. The van der Waals surface area contributed by atoms with Crippen LogP contribution in [0.2, 0.25) is 0 Å². The van der Waals surface area contributed by atoms with Gasteiger partial charge >= 0.3 is 0 Å². The third kappa shape index (κ3) is 5.23. The second-order valence-corrected chi connectivity index (χ2v) is 5.41. The van der Waals surface area contributed by atoms with Crippen LogP contribution < -0.4 is 4.74 Å². The number of hydrogen-bond acceptors (Lipinski definition) is 2.